The molecular weight excluding hydrogens is 296 g/mol. The fourth-order valence-corrected chi connectivity index (χ4v) is 3.10. The maximum Gasteiger partial charge on any atom is 0.270 e. The third-order valence-corrected chi connectivity index (χ3v) is 4.54. The molecule has 3 aromatic carbocycles. The number of fused-ring (bicyclic) bond motifs is 3. The molecule has 3 nitrogen and oxygen atoms in total. The number of rotatable bonds is 2. The van der Waals surface area contributed by atoms with Crippen molar-refractivity contribution < 1.29 is 4.79 Å². The molecule has 0 aliphatic rings. The van der Waals surface area contributed by atoms with Crippen LogP contribution >= 0.6 is 0 Å². The van der Waals surface area contributed by atoms with E-state index in [9.17, 15) is 4.79 Å². The van der Waals surface area contributed by atoms with Gasteiger partial charge in [-0.25, -0.2) is 0 Å². The zero-order valence-corrected chi connectivity index (χ0v) is 13.7. The molecule has 1 heterocycles. The van der Waals surface area contributed by atoms with Gasteiger partial charge in [-0.15, -0.1) is 0 Å². The van der Waals surface area contributed by atoms with Crippen molar-refractivity contribution in [1.29, 1.82) is 0 Å². The van der Waals surface area contributed by atoms with Gasteiger partial charge in [0.2, 0.25) is 0 Å². The Morgan fingerprint density at radius 1 is 0.792 bits per heavy atom. The largest absolute Gasteiger partial charge is 0.270 e. The van der Waals surface area contributed by atoms with Crippen LogP contribution in [0.1, 0.15) is 21.5 Å². The molecule has 0 unspecified atom stereocenters. The Morgan fingerprint density at radius 2 is 1.46 bits per heavy atom. The Bertz CT molecular complexity index is 1060. The number of carbonyl (C=O) groups is 1. The monoisotopic (exact) mass is 314 g/mol. The van der Waals surface area contributed by atoms with Crippen LogP contribution in [0, 0.1) is 13.8 Å². The fourth-order valence-electron chi connectivity index (χ4n) is 3.10. The number of aromatic nitrogens is 1. The van der Waals surface area contributed by atoms with Crippen LogP contribution in [0.3, 0.4) is 0 Å². The fraction of sp³-hybridized carbons (Fsp3) is 0.0952. The van der Waals surface area contributed by atoms with E-state index in [0.717, 1.165) is 21.8 Å². The molecule has 4 rings (SSSR count). The standard InChI is InChI=1S/C21H18N2O/c1-14-12-18-17-10-6-7-11-19(17)23(20(18)13-15(14)2)22-21(24)16-8-4-3-5-9-16/h3-13H,1-2H3,(H,22,24). The predicted molar refractivity (Wildman–Crippen MR) is 99.1 cm³/mol. The molecular formula is C21H18N2O. The average molecular weight is 314 g/mol. The molecule has 0 radical (unpaired) electrons. The minimum atomic E-state index is -0.114. The molecule has 1 N–H and O–H groups in total. The highest BCUT2D eigenvalue weighted by Gasteiger charge is 2.14. The van der Waals surface area contributed by atoms with Crippen molar-refractivity contribution in [3.63, 3.8) is 0 Å². The first-order valence-corrected chi connectivity index (χ1v) is 8.02. The highest BCUT2D eigenvalue weighted by Crippen LogP contribution is 2.30. The Kier molecular flexibility index (Phi) is 3.35. The van der Waals surface area contributed by atoms with Crippen molar-refractivity contribution in [3.05, 3.63) is 83.4 Å². The van der Waals surface area contributed by atoms with E-state index in [4.69, 9.17) is 0 Å². The van der Waals surface area contributed by atoms with Gasteiger partial charge < -0.3 is 0 Å². The predicted octanol–water partition coefficient (Wildman–Crippen LogP) is 4.80. The topological polar surface area (TPSA) is 34.0 Å². The van der Waals surface area contributed by atoms with Gasteiger partial charge in [0, 0.05) is 16.3 Å². The van der Waals surface area contributed by atoms with E-state index in [2.05, 4.69) is 37.5 Å². The second-order valence-electron chi connectivity index (χ2n) is 6.11. The molecule has 24 heavy (non-hydrogen) atoms. The van der Waals surface area contributed by atoms with E-state index < -0.39 is 0 Å². The second kappa shape index (κ2) is 5.53. The maximum atomic E-state index is 12.6. The van der Waals surface area contributed by atoms with Crippen molar-refractivity contribution in [2.24, 2.45) is 0 Å². The Balaban J connectivity index is 1.93. The van der Waals surface area contributed by atoms with Crippen LogP contribution in [0.15, 0.2) is 66.7 Å². The molecule has 0 aliphatic heterocycles. The molecule has 4 aromatic rings. The number of amides is 1. The number of aryl methyl sites for hydroxylation is 2. The highest BCUT2D eigenvalue weighted by molar-refractivity contribution is 6.11. The van der Waals surface area contributed by atoms with Crippen LogP contribution in [0.25, 0.3) is 21.8 Å². The van der Waals surface area contributed by atoms with Crippen molar-refractivity contribution in [3.8, 4) is 0 Å². The van der Waals surface area contributed by atoms with E-state index >= 15 is 0 Å². The summed E-state index contributed by atoms with van der Waals surface area (Å²) < 4.78 is 1.90. The number of hydrogen-bond donors (Lipinski definition) is 1. The van der Waals surface area contributed by atoms with E-state index in [1.165, 1.54) is 11.1 Å². The molecule has 0 spiro atoms. The van der Waals surface area contributed by atoms with Crippen LogP contribution in [-0.2, 0) is 0 Å². The quantitative estimate of drug-likeness (QED) is 0.567. The lowest BCUT2D eigenvalue weighted by Crippen LogP contribution is -2.22. The van der Waals surface area contributed by atoms with Gasteiger partial charge in [-0.2, -0.15) is 0 Å². The van der Waals surface area contributed by atoms with Crippen LogP contribution in [0.2, 0.25) is 0 Å². The van der Waals surface area contributed by atoms with E-state index in [0.29, 0.717) is 5.56 Å². The molecule has 0 fully saturated rings. The number of benzene rings is 3. The minimum Gasteiger partial charge on any atom is -0.267 e. The van der Waals surface area contributed by atoms with Gasteiger partial charge in [-0.05, 0) is 55.3 Å². The maximum absolute atomic E-state index is 12.6. The second-order valence-corrected chi connectivity index (χ2v) is 6.11. The first-order chi connectivity index (χ1) is 11.6. The molecule has 0 atom stereocenters. The van der Waals surface area contributed by atoms with Gasteiger partial charge in [-0.1, -0.05) is 36.4 Å². The van der Waals surface area contributed by atoms with Gasteiger partial charge >= 0.3 is 0 Å². The normalized spacial score (nSPS) is 11.1. The Labute approximate surface area is 140 Å². The lowest BCUT2D eigenvalue weighted by atomic mass is 10.1. The van der Waals surface area contributed by atoms with Crippen LogP contribution in [0.5, 0.6) is 0 Å². The van der Waals surface area contributed by atoms with Crippen LogP contribution in [-0.4, -0.2) is 10.6 Å². The smallest absolute Gasteiger partial charge is 0.267 e. The van der Waals surface area contributed by atoms with Crippen molar-refractivity contribution in [1.82, 2.24) is 4.68 Å². The third-order valence-electron chi connectivity index (χ3n) is 4.54. The Morgan fingerprint density at radius 3 is 2.25 bits per heavy atom. The van der Waals surface area contributed by atoms with Crippen LogP contribution in [0.4, 0.5) is 0 Å². The van der Waals surface area contributed by atoms with Crippen molar-refractivity contribution in [2.45, 2.75) is 13.8 Å². The summed E-state index contributed by atoms with van der Waals surface area (Å²) in [6.45, 7) is 4.21. The number of nitrogens with one attached hydrogen (secondary N) is 1. The number of carbonyl (C=O) groups excluding carboxylic acids is 1. The zero-order chi connectivity index (χ0) is 16.7. The minimum absolute atomic E-state index is 0.114. The molecule has 1 amide bonds. The summed E-state index contributed by atoms with van der Waals surface area (Å²) in [5.41, 5.74) is 8.17. The van der Waals surface area contributed by atoms with Gasteiger partial charge in [-0.3, -0.25) is 14.9 Å². The molecule has 1 aromatic heterocycles. The van der Waals surface area contributed by atoms with Crippen molar-refractivity contribution in [2.75, 3.05) is 5.43 Å². The summed E-state index contributed by atoms with van der Waals surface area (Å²) >= 11 is 0. The average Bonchev–Trinajstić information content (AvgIpc) is 2.90. The molecule has 0 aliphatic carbocycles. The number of para-hydroxylation sites is 1. The molecule has 118 valence electrons. The summed E-state index contributed by atoms with van der Waals surface area (Å²) in [5, 5.41) is 2.30. The van der Waals surface area contributed by atoms with E-state index in [-0.39, 0.29) is 5.91 Å². The van der Waals surface area contributed by atoms with E-state index in [1.54, 1.807) is 0 Å². The first-order valence-electron chi connectivity index (χ1n) is 8.02. The SMILES string of the molecule is Cc1cc2c3ccccc3n(NC(=O)c3ccccc3)c2cc1C. The molecule has 0 bridgehead atoms. The molecule has 0 saturated heterocycles. The van der Waals surface area contributed by atoms with Crippen LogP contribution < -0.4 is 5.43 Å². The number of nitrogens with zero attached hydrogens (tertiary/aromatic N) is 1. The summed E-state index contributed by atoms with van der Waals surface area (Å²) in [4.78, 5) is 12.6. The Hall–Kier alpha value is -3.07. The summed E-state index contributed by atoms with van der Waals surface area (Å²) in [6, 6.07) is 21.8. The third kappa shape index (κ3) is 2.26. The zero-order valence-electron chi connectivity index (χ0n) is 13.7. The van der Waals surface area contributed by atoms with Crippen molar-refractivity contribution >= 4 is 27.7 Å². The lowest BCUT2D eigenvalue weighted by molar-refractivity contribution is 0.101. The lowest BCUT2D eigenvalue weighted by Gasteiger charge is -2.10. The van der Waals surface area contributed by atoms with Gasteiger partial charge in [0.15, 0.2) is 0 Å². The summed E-state index contributed by atoms with van der Waals surface area (Å²) in [5.74, 6) is -0.114. The number of hydrogen-bond acceptors (Lipinski definition) is 1. The van der Waals surface area contributed by atoms with Gasteiger partial charge in [0.05, 0.1) is 11.0 Å². The van der Waals surface area contributed by atoms with E-state index in [1.807, 2.05) is 53.2 Å². The van der Waals surface area contributed by atoms with Gasteiger partial charge in [0.25, 0.3) is 5.91 Å². The highest BCUT2D eigenvalue weighted by atomic mass is 16.2. The molecule has 0 saturated carbocycles. The first kappa shape index (κ1) is 14.5. The summed E-state index contributed by atoms with van der Waals surface area (Å²) in [7, 11) is 0. The summed E-state index contributed by atoms with van der Waals surface area (Å²) in [6.07, 6.45) is 0. The molecule has 3 heteroatoms. The van der Waals surface area contributed by atoms with Gasteiger partial charge in [0.1, 0.15) is 0 Å².